The summed E-state index contributed by atoms with van der Waals surface area (Å²) in [6, 6.07) is 5.68. The highest BCUT2D eigenvalue weighted by molar-refractivity contribution is 9.09. The summed E-state index contributed by atoms with van der Waals surface area (Å²) in [6.07, 6.45) is 0.814. The van der Waals surface area contributed by atoms with Crippen molar-refractivity contribution in [3.05, 3.63) is 35.6 Å². The molecule has 4 heteroatoms. The number of hydrogen-bond acceptors (Lipinski definition) is 1. The molecule has 1 amide bonds. The van der Waals surface area contributed by atoms with Crippen molar-refractivity contribution in [1.29, 1.82) is 0 Å². The summed E-state index contributed by atoms with van der Waals surface area (Å²) < 4.78 is 12.9. The normalized spacial score (nSPS) is 11.2. The van der Waals surface area contributed by atoms with Gasteiger partial charge in [-0.2, -0.15) is 0 Å². The minimum absolute atomic E-state index is 0.245. The van der Waals surface area contributed by atoms with Crippen LogP contribution in [0.4, 0.5) is 4.39 Å². The molecule has 0 aromatic heterocycles. The van der Waals surface area contributed by atoms with Gasteiger partial charge < -0.3 is 5.32 Å². The van der Waals surface area contributed by atoms with Crippen LogP contribution in [0.1, 0.15) is 30.6 Å². The van der Waals surface area contributed by atoms with Gasteiger partial charge in [0.15, 0.2) is 0 Å². The minimum atomic E-state index is -0.397. The SMILES string of the molecule is CC(C)(CCBr)NC(=O)c1cccc(F)c1. The number of carbonyl (C=O) groups excluding carboxylic acids is 1. The maximum absolute atomic E-state index is 12.9. The van der Waals surface area contributed by atoms with Crippen LogP contribution in [-0.4, -0.2) is 16.8 Å². The van der Waals surface area contributed by atoms with Crippen molar-refractivity contribution in [2.45, 2.75) is 25.8 Å². The molecule has 0 aliphatic carbocycles. The molecule has 0 spiro atoms. The Kier molecular flexibility index (Phi) is 4.47. The van der Waals surface area contributed by atoms with E-state index >= 15 is 0 Å². The molecule has 1 aromatic carbocycles. The maximum atomic E-state index is 12.9. The fourth-order valence-corrected chi connectivity index (χ4v) is 2.30. The molecule has 0 aliphatic rings. The van der Waals surface area contributed by atoms with Gasteiger partial charge in [-0.25, -0.2) is 4.39 Å². The largest absolute Gasteiger partial charge is 0.347 e. The summed E-state index contributed by atoms with van der Waals surface area (Å²) in [6.45, 7) is 3.87. The van der Waals surface area contributed by atoms with Gasteiger partial charge in [0.05, 0.1) is 0 Å². The fourth-order valence-electron chi connectivity index (χ4n) is 1.31. The standard InChI is InChI=1S/C12H15BrFNO/c1-12(2,6-7-13)15-11(16)9-4-3-5-10(14)8-9/h3-5,8H,6-7H2,1-2H3,(H,15,16). The van der Waals surface area contributed by atoms with E-state index in [0.29, 0.717) is 5.56 Å². The zero-order chi connectivity index (χ0) is 12.2. The molecule has 1 rings (SSSR count). The van der Waals surface area contributed by atoms with Crippen molar-refractivity contribution in [3.8, 4) is 0 Å². The quantitative estimate of drug-likeness (QED) is 0.847. The average molecular weight is 288 g/mol. The minimum Gasteiger partial charge on any atom is -0.347 e. The molecule has 16 heavy (non-hydrogen) atoms. The van der Waals surface area contributed by atoms with Gasteiger partial charge in [-0.15, -0.1) is 0 Å². The smallest absolute Gasteiger partial charge is 0.251 e. The molecule has 0 saturated heterocycles. The van der Waals surface area contributed by atoms with Crippen LogP contribution in [0.5, 0.6) is 0 Å². The van der Waals surface area contributed by atoms with E-state index in [-0.39, 0.29) is 11.4 Å². The molecule has 0 unspecified atom stereocenters. The highest BCUT2D eigenvalue weighted by Crippen LogP contribution is 2.12. The average Bonchev–Trinajstić information content (AvgIpc) is 2.16. The molecule has 0 radical (unpaired) electrons. The summed E-state index contributed by atoms with van der Waals surface area (Å²) in [4.78, 5) is 11.8. The molecular formula is C12H15BrFNO. The Morgan fingerprint density at radius 2 is 2.19 bits per heavy atom. The van der Waals surface area contributed by atoms with Crippen molar-refractivity contribution in [2.24, 2.45) is 0 Å². The zero-order valence-corrected chi connectivity index (χ0v) is 11.0. The summed E-state index contributed by atoms with van der Waals surface area (Å²) in [5, 5.41) is 3.67. The molecule has 1 aromatic rings. The van der Waals surface area contributed by atoms with Crippen LogP contribution in [0, 0.1) is 5.82 Å². The van der Waals surface area contributed by atoms with E-state index in [9.17, 15) is 9.18 Å². The molecule has 88 valence electrons. The number of halogens is 2. The third-order valence-corrected chi connectivity index (χ3v) is 2.65. The van der Waals surface area contributed by atoms with Gasteiger partial charge in [0.25, 0.3) is 5.91 Å². The lowest BCUT2D eigenvalue weighted by atomic mass is 10.0. The molecule has 0 atom stereocenters. The molecule has 2 nitrogen and oxygen atoms in total. The van der Waals surface area contributed by atoms with E-state index in [0.717, 1.165) is 11.8 Å². The van der Waals surface area contributed by atoms with Crippen LogP contribution >= 0.6 is 15.9 Å². The number of hydrogen-bond donors (Lipinski definition) is 1. The van der Waals surface area contributed by atoms with Crippen molar-refractivity contribution in [1.82, 2.24) is 5.32 Å². The lowest BCUT2D eigenvalue weighted by Crippen LogP contribution is -2.43. The van der Waals surface area contributed by atoms with Crippen molar-refractivity contribution >= 4 is 21.8 Å². The number of benzene rings is 1. The number of rotatable bonds is 4. The van der Waals surface area contributed by atoms with Crippen molar-refractivity contribution in [2.75, 3.05) is 5.33 Å². The summed E-state index contributed by atoms with van der Waals surface area (Å²) >= 11 is 3.33. The van der Waals surface area contributed by atoms with Gasteiger partial charge in [-0.1, -0.05) is 22.0 Å². The van der Waals surface area contributed by atoms with Gasteiger partial charge in [-0.05, 0) is 38.5 Å². The van der Waals surface area contributed by atoms with Crippen LogP contribution < -0.4 is 5.32 Å². The third-order valence-electron chi connectivity index (χ3n) is 2.26. The van der Waals surface area contributed by atoms with Gasteiger partial charge in [0.1, 0.15) is 5.82 Å². The van der Waals surface area contributed by atoms with Crippen LogP contribution in [-0.2, 0) is 0 Å². The molecular weight excluding hydrogens is 273 g/mol. The maximum Gasteiger partial charge on any atom is 0.251 e. The first-order valence-electron chi connectivity index (χ1n) is 5.09. The van der Waals surface area contributed by atoms with E-state index in [1.54, 1.807) is 6.07 Å². The second-order valence-electron chi connectivity index (χ2n) is 4.29. The zero-order valence-electron chi connectivity index (χ0n) is 9.39. The number of carbonyl (C=O) groups is 1. The summed E-state index contributed by atoms with van der Waals surface area (Å²) in [7, 11) is 0. The Hall–Kier alpha value is -0.900. The second kappa shape index (κ2) is 5.43. The highest BCUT2D eigenvalue weighted by Gasteiger charge is 2.20. The van der Waals surface area contributed by atoms with Crippen molar-refractivity contribution in [3.63, 3.8) is 0 Å². The Morgan fingerprint density at radius 3 is 2.75 bits per heavy atom. The van der Waals surface area contributed by atoms with Gasteiger partial charge in [0, 0.05) is 16.4 Å². The molecule has 0 saturated carbocycles. The Morgan fingerprint density at radius 1 is 1.50 bits per heavy atom. The molecule has 0 aliphatic heterocycles. The van der Waals surface area contributed by atoms with E-state index in [4.69, 9.17) is 0 Å². The monoisotopic (exact) mass is 287 g/mol. The number of nitrogens with one attached hydrogen (secondary N) is 1. The van der Waals surface area contributed by atoms with E-state index in [2.05, 4.69) is 21.2 Å². The fraction of sp³-hybridized carbons (Fsp3) is 0.417. The third kappa shape index (κ3) is 3.93. The Labute approximate surface area is 103 Å². The first kappa shape index (κ1) is 13.2. The summed E-state index contributed by atoms with van der Waals surface area (Å²) in [5.41, 5.74) is 0.0510. The molecule has 0 bridgehead atoms. The van der Waals surface area contributed by atoms with Gasteiger partial charge in [0.2, 0.25) is 0 Å². The molecule has 0 fully saturated rings. The van der Waals surface area contributed by atoms with Crippen LogP contribution in [0.25, 0.3) is 0 Å². The summed E-state index contributed by atoms with van der Waals surface area (Å²) in [5.74, 6) is -0.642. The Bertz CT molecular complexity index is 379. The topological polar surface area (TPSA) is 29.1 Å². The lowest BCUT2D eigenvalue weighted by Gasteiger charge is -2.25. The van der Waals surface area contributed by atoms with Crippen LogP contribution in [0.15, 0.2) is 24.3 Å². The predicted molar refractivity (Wildman–Crippen MR) is 66.4 cm³/mol. The first-order valence-corrected chi connectivity index (χ1v) is 6.21. The first-order chi connectivity index (χ1) is 7.44. The Balaban J connectivity index is 2.72. The number of alkyl halides is 1. The van der Waals surface area contributed by atoms with Crippen LogP contribution in [0.2, 0.25) is 0 Å². The predicted octanol–water partition coefficient (Wildman–Crippen LogP) is 3.12. The molecule has 1 N–H and O–H groups in total. The molecule has 0 heterocycles. The highest BCUT2D eigenvalue weighted by atomic mass is 79.9. The van der Waals surface area contributed by atoms with Gasteiger partial charge >= 0.3 is 0 Å². The van der Waals surface area contributed by atoms with Crippen molar-refractivity contribution < 1.29 is 9.18 Å². The lowest BCUT2D eigenvalue weighted by molar-refractivity contribution is 0.0911. The van der Waals surface area contributed by atoms with E-state index in [1.165, 1.54) is 18.2 Å². The van der Waals surface area contributed by atoms with E-state index < -0.39 is 5.82 Å². The van der Waals surface area contributed by atoms with Crippen LogP contribution in [0.3, 0.4) is 0 Å². The number of amides is 1. The van der Waals surface area contributed by atoms with Gasteiger partial charge in [-0.3, -0.25) is 4.79 Å². The second-order valence-corrected chi connectivity index (χ2v) is 5.08. The van der Waals surface area contributed by atoms with E-state index in [1.807, 2.05) is 13.8 Å².